The SMILES string of the molecule is CC(C)(C)OC(=O)N1CCOc2c(Br)cc(NC(=O)NC(Cc3ccc(F)cc3)c3ccc(F)cc3)cc2C1. The fraction of sp³-hybridized carbons (Fsp3) is 0.310. The van der Waals surface area contributed by atoms with Crippen LogP contribution in [0.15, 0.2) is 65.1 Å². The number of carbonyl (C=O) groups excluding carboxylic acids is 2. The number of halogens is 3. The van der Waals surface area contributed by atoms with Crippen LogP contribution in [0.5, 0.6) is 5.75 Å². The Morgan fingerprint density at radius 3 is 2.33 bits per heavy atom. The molecule has 1 aliphatic heterocycles. The number of amides is 3. The topological polar surface area (TPSA) is 79.9 Å². The predicted octanol–water partition coefficient (Wildman–Crippen LogP) is 6.96. The normalized spacial score (nSPS) is 13.9. The van der Waals surface area contributed by atoms with Gasteiger partial charge in [-0.15, -0.1) is 0 Å². The summed E-state index contributed by atoms with van der Waals surface area (Å²) in [6.07, 6.45) is -0.0829. The molecule has 3 amide bonds. The largest absolute Gasteiger partial charge is 0.490 e. The molecule has 3 aromatic carbocycles. The lowest BCUT2D eigenvalue weighted by atomic mass is 9.99. The van der Waals surface area contributed by atoms with Crippen molar-refractivity contribution in [3.05, 3.63) is 93.5 Å². The number of nitrogens with zero attached hydrogens (tertiary/aromatic N) is 1. The lowest BCUT2D eigenvalue weighted by molar-refractivity contribution is 0.0225. The number of ether oxygens (including phenoxy) is 2. The number of anilines is 1. The van der Waals surface area contributed by atoms with E-state index in [-0.39, 0.29) is 18.2 Å². The number of benzene rings is 3. The van der Waals surface area contributed by atoms with Gasteiger partial charge in [0.15, 0.2) is 0 Å². The number of carbonyl (C=O) groups is 2. The van der Waals surface area contributed by atoms with Crippen LogP contribution in [0, 0.1) is 11.6 Å². The van der Waals surface area contributed by atoms with Gasteiger partial charge in [0.2, 0.25) is 0 Å². The quantitative estimate of drug-likeness (QED) is 0.331. The second kappa shape index (κ2) is 12.0. The van der Waals surface area contributed by atoms with Gasteiger partial charge >= 0.3 is 12.1 Å². The molecule has 206 valence electrons. The average Bonchev–Trinajstić information content (AvgIpc) is 3.07. The van der Waals surface area contributed by atoms with E-state index in [0.29, 0.717) is 46.6 Å². The van der Waals surface area contributed by atoms with Crippen LogP contribution in [-0.2, 0) is 17.7 Å². The zero-order valence-electron chi connectivity index (χ0n) is 21.9. The van der Waals surface area contributed by atoms with E-state index in [1.54, 1.807) is 62.1 Å². The minimum atomic E-state index is -0.635. The van der Waals surface area contributed by atoms with Crippen LogP contribution in [-0.4, -0.2) is 35.8 Å². The average molecular weight is 602 g/mol. The van der Waals surface area contributed by atoms with Gasteiger partial charge in [0.05, 0.1) is 23.6 Å². The third kappa shape index (κ3) is 7.92. The molecule has 0 aliphatic carbocycles. The predicted molar refractivity (Wildman–Crippen MR) is 148 cm³/mol. The molecule has 0 aromatic heterocycles. The van der Waals surface area contributed by atoms with E-state index in [2.05, 4.69) is 26.6 Å². The fourth-order valence-corrected chi connectivity index (χ4v) is 4.77. The Hall–Kier alpha value is -3.66. The number of rotatable bonds is 5. The minimum absolute atomic E-state index is 0.239. The first kappa shape index (κ1) is 28.4. The second-order valence-corrected chi connectivity index (χ2v) is 11.1. The summed E-state index contributed by atoms with van der Waals surface area (Å²) in [5.74, 6) is -0.153. The van der Waals surface area contributed by atoms with Crippen molar-refractivity contribution in [1.82, 2.24) is 10.2 Å². The molecule has 39 heavy (non-hydrogen) atoms. The molecule has 3 aromatic rings. The third-order valence-electron chi connectivity index (χ3n) is 5.93. The minimum Gasteiger partial charge on any atom is -0.490 e. The van der Waals surface area contributed by atoms with Crippen LogP contribution < -0.4 is 15.4 Å². The molecule has 1 heterocycles. The van der Waals surface area contributed by atoms with E-state index in [9.17, 15) is 18.4 Å². The first-order valence-electron chi connectivity index (χ1n) is 12.5. The van der Waals surface area contributed by atoms with Gasteiger partial charge in [-0.05, 0) is 90.6 Å². The second-order valence-electron chi connectivity index (χ2n) is 10.2. The Kier molecular flexibility index (Phi) is 8.74. The summed E-state index contributed by atoms with van der Waals surface area (Å²) in [6.45, 7) is 6.30. The van der Waals surface area contributed by atoms with E-state index >= 15 is 0 Å². The Morgan fingerprint density at radius 1 is 1.05 bits per heavy atom. The van der Waals surface area contributed by atoms with Crippen LogP contribution in [0.1, 0.15) is 43.5 Å². The van der Waals surface area contributed by atoms with Crippen molar-refractivity contribution >= 4 is 33.7 Å². The maximum Gasteiger partial charge on any atom is 0.410 e. The van der Waals surface area contributed by atoms with E-state index in [4.69, 9.17) is 9.47 Å². The molecule has 4 rings (SSSR count). The van der Waals surface area contributed by atoms with E-state index in [1.165, 1.54) is 24.3 Å². The summed E-state index contributed by atoms with van der Waals surface area (Å²) in [7, 11) is 0. The highest BCUT2D eigenvalue weighted by Crippen LogP contribution is 2.35. The van der Waals surface area contributed by atoms with Gasteiger partial charge in [-0.1, -0.05) is 24.3 Å². The summed E-state index contributed by atoms with van der Waals surface area (Å²) in [6, 6.07) is 14.3. The zero-order valence-corrected chi connectivity index (χ0v) is 23.5. The van der Waals surface area contributed by atoms with Gasteiger partial charge in [0.25, 0.3) is 0 Å². The Morgan fingerprint density at radius 2 is 1.69 bits per heavy atom. The monoisotopic (exact) mass is 601 g/mol. The Labute approximate surface area is 234 Å². The van der Waals surface area contributed by atoms with Crippen LogP contribution in [0.3, 0.4) is 0 Å². The molecule has 7 nitrogen and oxygen atoms in total. The summed E-state index contributed by atoms with van der Waals surface area (Å²) >= 11 is 3.51. The fourth-order valence-electron chi connectivity index (χ4n) is 4.16. The molecule has 2 N–H and O–H groups in total. The first-order chi connectivity index (χ1) is 18.5. The van der Waals surface area contributed by atoms with Gasteiger partial charge in [0.1, 0.15) is 29.6 Å². The number of urea groups is 1. The lowest BCUT2D eigenvalue weighted by Crippen LogP contribution is -2.37. The highest BCUT2D eigenvalue weighted by molar-refractivity contribution is 9.10. The molecule has 1 atom stereocenters. The van der Waals surface area contributed by atoms with Gasteiger partial charge in [-0.3, -0.25) is 0 Å². The summed E-state index contributed by atoms with van der Waals surface area (Å²) < 4.78 is 39.0. The van der Waals surface area contributed by atoms with Crippen LogP contribution in [0.2, 0.25) is 0 Å². The standard InChI is InChI=1S/C29H30BrF2N3O4/c1-29(2,3)39-28(37)35-12-13-38-26-20(17-35)15-23(16-24(26)30)33-27(36)34-25(19-6-10-22(32)11-7-19)14-18-4-8-21(31)9-5-18/h4-11,15-16,25H,12-14,17H2,1-3H3,(H2,33,34,36). The van der Waals surface area contributed by atoms with Gasteiger partial charge in [-0.25, -0.2) is 18.4 Å². The van der Waals surface area contributed by atoms with Crippen molar-refractivity contribution in [2.45, 2.75) is 45.4 Å². The van der Waals surface area contributed by atoms with Gasteiger partial charge in [-0.2, -0.15) is 0 Å². The maximum atomic E-state index is 13.5. The molecule has 0 saturated heterocycles. The smallest absolute Gasteiger partial charge is 0.410 e. The molecular formula is C29H30BrF2N3O4. The van der Waals surface area contributed by atoms with Crippen molar-refractivity contribution < 1.29 is 27.8 Å². The highest BCUT2D eigenvalue weighted by Gasteiger charge is 2.26. The number of hydrogen-bond acceptors (Lipinski definition) is 4. The van der Waals surface area contributed by atoms with Crippen LogP contribution in [0.25, 0.3) is 0 Å². The first-order valence-corrected chi connectivity index (χ1v) is 13.3. The molecule has 0 saturated carbocycles. The van der Waals surface area contributed by atoms with Crippen molar-refractivity contribution in [3.8, 4) is 5.75 Å². The molecule has 0 spiro atoms. The molecule has 0 bridgehead atoms. The molecule has 0 fully saturated rings. The molecule has 1 aliphatic rings. The van der Waals surface area contributed by atoms with Gasteiger partial charge in [0, 0.05) is 11.3 Å². The number of fused-ring (bicyclic) bond motifs is 1. The third-order valence-corrected chi connectivity index (χ3v) is 6.52. The van der Waals surface area contributed by atoms with Crippen LogP contribution in [0.4, 0.5) is 24.1 Å². The van der Waals surface area contributed by atoms with E-state index in [1.807, 2.05) is 0 Å². The highest BCUT2D eigenvalue weighted by atomic mass is 79.9. The van der Waals surface area contributed by atoms with Crippen molar-refractivity contribution in [1.29, 1.82) is 0 Å². The number of hydrogen-bond donors (Lipinski definition) is 2. The Bertz CT molecular complexity index is 1330. The zero-order chi connectivity index (χ0) is 28.2. The summed E-state index contributed by atoms with van der Waals surface area (Å²) in [5.41, 5.74) is 2.04. The summed E-state index contributed by atoms with van der Waals surface area (Å²) in [5, 5.41) is 5.77. The van der Waals surface area contributed by atoms with Crippen LogP contribution >= 0.6 is 15.9 Å². The van der Waals surface area contributed by atoms with Crippen molar-refractivity contribution in [3.63, 3.8) is 0 Å². The summed E-state index contributed by atoms with van der Waals surface area (Å²) in [4.78, 5) is 27.3. The van der Waals surface area contributed by atoms with Crippen molar-refractivity contribution in [2.24, 2.45) is 0 Å². The maximum absolute atomic E-state index is 13.5. The number of nitrogens with one attached hydrogen (secondary N) is 2. The van der Waals surface area contributed by atoms with Crippen molar-refractivity contribution in [2.75, 3.05) is 18.5 Å². The molecule has 10 heteroatoms. The lowest BCUT2D eigenvalue weighted by Gasteiger charge is -2.26. The van der Waals surface area contributed by atoms with Gasteiger partial charge < -0.3 is 25.0 Å². The molecule has 1 unspecified atom stereocenters. The van der Waals surface area contributed by atoms with E-state index in [0.717, 1.165) is 5.56 Å². The Balaban J connectivity index is 1.51. The molecular weight excluding hydrogens is 572 g/mol. The van der Waals surface area contributed by atoms with E-state index < -0.39 is 23.8 Å². The molecule has 0 radical (unpaired) electrons.